The number of amidine groups is 1. The van der Waals surface area contributed by atoms with Crippen molar-refractivity contribution in [2.24, 2.45) is 22.7 Å². The molecule has 108 valence electrons. The summed E-state index contributed by atoms with van der Waals surface area (Å²) in [6.07, 6.45) is 2.24. The average Bonchev–Trinajstić information content (AvgIpc) is 3.29. The summed E-state index contributed by atoms with van der Waals surface area (Å²) in [5.41, 5.74) is 5.95. The van der Waals surface area contributed by atoms with Gasteiger partial charge in [0.05, 0.1) is 5.69 Å². The third-order valence-corrected chi connectivity index (χ3v) is 3.39. The summed E-state index contributed by atoms with van der Waals surface area (Å²) in [6.45, 7) is 1.90. The van der Waals surface area contributed by atoms with Crippen LogP contribution in [0.4, 0.5) is 5.69 Å². The second-order valence-electron chi connectivity index (χ2n) is 4.99. The maximum Gasteiger partial charge on any atom is 0.227 e. The van der Waals surface area contributed by atoms with E-state index >= 15 is 0 Å². The normalized spacial score (nSPS) is 16.6. The Morgan fingerprint density at radius 2 is 2.25 bits per heavy atom. The lowest BCUT2D eigenvalue weighted by molar-refractivity contribution is -0.119. The molecule has 0 spiro atoms. The number of nitrogens with two attached hydrogens (primary N) is 1. The lowest BCUT2D eigenvalue weighted by Gasteiger charge is -2.14. The van der Waals surface area contributed by atoms with Gasteiger partial charge in [0.15, 0.2) is 5.84 Å². The zero-order valence-electron chi connectivity index (χ0n) is 11.4. The number of carbonyl (C=O) groups excluding carboxylic acids is 1. The van der Waals surface area contributed by atoms with Crippen molar-refractivity contribution in [3.8, 4) is 5.75 Å². The maximum atomic E-state index is 12.1. The molecule has 0 heterocycles. The molecule has 1 saturated carbocycles. The fraction of sp³-hybridized carbons (Fsp3) is 0.429. The Labute approximate surface area is 117 Å². The molecule has 0 radical (unpaired) electrons. The minimum Gasteiger partial charge on any atom is -0.483 e. The zero-order chi connectivity index (χ0) is 14.5. The van der Waals surface area contributed by atoms with Gasteiger partial charge in [0.1, 0.15) is 12.4 Å². The predicted octanol–water partition coefficient (Wildman–Crippen LogP) is 1.80. The summed E-state index contributed by atoms with van der Waals surface area (Å²) in [6, 6.07) is 7.09. The maximum absolute atomic E-state index is 12.1. The van der Waals surface area contributed by atoms with E-state index < -0.39 is 0 Å². The van der Waals surface area contributed by atoms with E-state index in [4.69, 9.17) is 15.7 Å². The number of para-hydroxylation sites is 2. The Balaban J connectivity index is 2.01. The van der Waals surface area contributed by atoms with Crippen molar-refractivity contribution < 1.29 is 14.7 Å². The highest BCUT2D eigenvalue weighted by Crippen LogP contribution is 2.37. The van der Waals surface area contributed by atoms with Crippen LogP contribution in [0.15, 0.2) is 29.4 Å². The van der Waals surface area contributed by atoms with Gasteiger partial charge in [-0.05, 0) is 30.9 Å². The highest BCUT2D eigenvalue weighted by molar-refractivity contribution is 5.94. The molecule has 0 saturated heterocycles. The molecule has 0 aliphatic heterocycles. The number of hydrogen-bond donors (Lipinski definition) is 3. The molecule has 20 heavy (non-hydrogen) atoms. The Morgan fingerprint density at radius 1 is 1.55 bits per heavy atom. The van der Waals surface area contributed by atoms with Crippen molar-refractivity contribution >= 4 is 17.4 Å². The van der Waals surface area contributed by atoms with Gasteiger partial charge in [0.25, 0.3) is 0 Å². The molecule has 0 bridgehead atoms. The van der Waals surface area contributed by atoms with Crippen LogP contribution in [0.3, 0.4) is 0 Å². The monoisotopic (exact) mass is 277 g/mol. The first kappa shape index (κ1) is 14.2. The summed E-state index contributed by atoms with van der Waals surface area (Å²) in [4.78, 5) is 12.1. The molecule has 1 unspecified atom stereocenters. The second kappa shape index (κ2) is 6.27. The van der Waals surface area contributed by atoms with Crippen molar-refractivity contribution in [1.29, 1.82) is 0 Å². The number of rotatable bonds is 6. The predicted molar refractivity (Wildman–Crippen MR) is 75.9 cm³/mol. The van der Waals surface area contributed by atoms with Crippen molar-refractivity contribution in [1.82, 2.24) is 0 Å². The van der Waals surface area contributed by atoms with Gasteiger partial charge >= 0.3 is 0 Å². The molecule has 4 N–H and O–H groups in total. The first-order valence-corrected chi connectivity index (χ1v) is 6.61. The van der Waals surface area contributed by atoms with E-state index in [0.717, 1.165) is 12.8 Å². The number of nitrogens with one attached hydrogen (secondary N) is 1. The van der Waals surface area contributed by atoms with Crippen molar-refractivity contribution in [2.45, 2.75) is 19.8 Å². The summed E-state index contributed by atoms with van der Waals surface area (Å²) in [5.74, 6) is 0.965. The molecule has 1 amide bonds. The molecule has 2 rings (SSSR count). The van der Waals surface area contributed by atoms with E-state index in [1.807, 2.05) is 13.0 Å². The number of anilines is 1. The number of amides is 1. The van der Waals surface area contributed by atoms with Crippen LogP contribution in [0.2, 0.25) is 0 Å². The molecule has 1 aromatic carbocycles. The van der Waals surface area contributed by atoms with E-state index in [9.17, 15) is 4.79 Å². The number of hydrogen-bond acceptors (Lipinski definition) is 4. The van der Waals surface area contributed by atoms with Gasteiger partial charge in [-0.3, -0.25) is 4.79 Å². The van der Waals surface area contributed by atoms with Gasteiger partial charge in [-0.2, -0.15) is 0 Å². The van der Waals surface area contributed by atoms with Crippen LogP contribution in [0.25, 0.3) is 0 Å². The molecule has 6 heteroatoms. The number of benzene rings is 1. The van der Waals surface area contributed by atoms with E-state index in [1.165, 1.54) is 0 Å². The number of carbonyl (C=O) groups is 1. The quantitative estimate of drug-likeness (QED) is 0.319. The first-order valence-electron chi connectivity index (χ1n) is 6.61. The molecule has 1 aliphatic carbocycles. The van der Waals surface area contributed by atoms with Crippen LogP contribution in [0, 0.1) is 11.8 Å². The lowest BCUT2D eigenvalue weighted by Crippen LogP contribution is -2.23. The SMILES string of the molecule is CC(C(=O)Nc1ccccc1OC/C(N)=N/O)C1CC1. The number of oxime groups is 1. The van der Waals surface area contributed by atoms with E-state index in [-0.39, 0.29) is 24.3 Å². The van der Waals surface area contributed by atoms with Crippen LogP contribution in [0.5, 0.6) is 5.75 Å². The fourth-order valence-electron chi connectivity index (χ4n) is 1.93. The average molecular weight is 277 g/mol. The van der Waals surface area contributed by atoms with E-state index in [1.54, 1.807) is 18.2 Å². The molecule has 6 nitrogen and oxygen atoms in total. The zero-order valence-corrected chi connectivity index (χ0v) is 11.4. The van der Waals surface area contributed by atoms with Gasteiger partial charge in [-0.1, -0.05) is 24.2 Å². The van der Waals surface area contributed by atoms with Gasteiger partial charge in [0.2, 0.25) is 5.91 Å². The van der Waals surface area contributed by atoms with Crippen LogP contribution < -0.4 is 15.8 Å². The molecule has 0 aromatic heterocycles. The minimum absolute atomic E-state index is 0.00660. The smallest absolute Gasteiger partial charge is 0.227 e. The van der Waals surface area contributed by atoms with Crippen molar-refractivity contribution in [2.75, 3.05) is 11.9 Å². The first-order chi connectivity index (χ1) is 9.61. The summed E-state index contributed by atoms with van der Waals surface area (Å²) >= 11 is 0. The molecule has 1 aliphatic rings. The van der Waals surface area contributed by atoms with Gasteiger partial charge in [0, 0.05) is 5.92 Å². The highest BCUT2D eigenvalue weighted by atomic mass is 16.5. The standard InChI is InChI=1S/C14H19N3O3/c1-9(10-6-7-10)14(18)16-11-4-2-3-5-12(11)20-8-13(15)17-19/h2-5,9-10,19H,6-8H2,1H3,(H2,15,17)(H,16,18). The second-order valence-corrected chi connectivity index (χ2v) is 4.99. The van der Waals surface area contributed by atoms with Gasteiger partial charge in [-0.15, -0.1) is 0 Å². The van der Waals surface area contributed by atoms with Crippen LogP contribution in [-0.2, 0) is 4.79 Å². The Kier molecular flexibility index (Phi) is 4.45. The van der Waals surface area contributed by atoms with E-state index in [0.29, 0.717) is 17.4 Å². The molecular formula is C14H19N3O3. The largest absolute Gasteiger partial charge is 0.483 e. The number of ether oxygens (including phenoxy) is 1. The van der Waals surface area contributed by atoms with Crippen LogP contribution in [-0.4, -0.2) is 23.6 Å². The minimum atomic E-state index is -0.0401. The summed E-state index contributed by atoms with van der Waals surface area (Å²) in [7, 11) is 0. The molecular weight excluding hydrogens is 258 g/mol. The summed E-state index contributed by atoms with van der Waals surface area (Å²) in [5, 5.41) is 14.2. The third-order valence-electron chi connectivity index (χ3n) is 3.39. The Hall–Kier alpha value is -2.24. The summed E-state index contributed by atoms with van der Waals surface area (Å²) < 4.78 is 5.42. The Morgan fingerprint density at radius 3 is 2.90 bits per heavy atom. The molecule has 1 fully saturated rings. The van der Waals surface area contributed by atoms with Crippen molar-refractivity contribution in [3.63, 3.8) is 0 Å². The van der Waals surface area contributed by atoms with Gasteiger partial charge < -0.3 is 21.0 Å². The van der Waals surface area contributed by atoms with Crippen molar-refractivity contribution in [3.05, 3.63) is 24.3 Å². The molecule has 1 atom stereocenters. The van der Waals surface area contributed by atoms with Crippen LogP contribution >= 0.6 is 0 Å². The fourth-order valence-corrected chi connectivity index (χ4v) is 1.93. The van der Waals surface area contributed by atoms with E-state index in [2.05, 4.69) is 10.5 Å². The number of nitrogens with zero attached hydrogens (tertiary/aromatic N) is 1. The highest BCUT2D eigenvalue weighted by Gasteiger charge is 2.32. The Bertz CT molecular complexity index is 512. The van der Waals surface area contributed by atoms with Crippen LogP contribution in [0.1, 0.15) is 19.8 Å². The molecule has 1 aromatic rings. The third kappa shape index (κ3) is 3.63. The topological polar surface area (TPSA) is 96.9 Å². The van der Waals surface area contributed by atoms with Gasteiger partial charge in [-0.25, -0.2) is 0 Å². The lowest BCUT2D eigenvalue weighted by atomic mass is 10.1.